The van der Waals surface area contributed by atoms with Crippen molar-refractivity contribution in [1.29, 1.82) is 0 Å². The number of carbonyl (C=O) groups is 2. The highest BCUT2D eigenvalue weighted by atomic mass is 16.5. The fraction of sp³-hybridized carbons (Fsp3) is 0.548. The zero-order chi connectivity index (χ0) is 29.2. The number of nitrogens with one attached hydrogen (secondary N) is 1. The monoisotopic (exact) mass is 554 g/mol. The van der Waals surface area contributed by atoms with Gasteiger partial charge in [-0.3, -0.25) is 4.79 Å². The first-order valence-electron chi connectivity index (χ1n) is 14.2. The van der Waals surface area contributed by atoms with E-state index in [-0.39, 0.29) is 36.7 Å². The standard InChI is InChI=1S/C31H46N4O5/c1-22-19-35(23(2)21-36)30(37)27-18-26(33(4)5)15-16-28(27)40-24(3)12-10-11-17-39-29(22)20-34(6)31(38)32-25-13-8-7-9-14-25/h7-9,13-16,18,22-24,29,36H,10-12,17,19-21H2,1-6H3,(H,32,38)/t22-,23+,24+,29+/m0/s1. The first-order valence-corrected chi connectivity index (χ1v) is 14.2. The number of amides is 3. The number of hydrogen-bond acceptors (Lipinski definition) is 6. The molecule has 40 heavy (non-hydrogen) atoms. The van der Waals surface area contributed by atoms with Gasteiger partial charge in [-0.05, 0) is 63.4 Å². The summed E-state index contributed by atoms with van der Waals surface area (Å²) in [6, 6.07) is 14.4. The van der Waals surface area contributed by atoms with Gasteiger partial charge in [-0.1, -0.05) is 25.1 Å². The molecule has 3 amide bonds. The molecule has 0 aromatic heterocycles. The van der Waals surface area contributed by atoms with Gasteiger partial charge in [-0.2, -0.15) is 0 Å². The van der Waals surface area contributed by atoms with Crippen LogP contribution in [0.1, 0.15) is 50.4 Å². The van der Waals surface area contributed by atoms with E-state index in [0.717, 1.165) is 30.6 Å². The normalized spacial score (nSPS) is 21.4. The molecule has 0 unspecified atom stereocenters. The minimum atomic E-state index is -0.420. The molecule has 2 aromatic carbocycles. The maximum Gasteiger partial charge on any atom is 0.321 e. The number of nitrogens with zero attached hydrogens (tertiary/aromatic N) is 3. The molecule has 0 saturated carbocycles. The third-order valence-electron chi connectivity index (χ3n) is 7.38. The predicted octanol–water partition coefficient (Wildman–Crippen LogP) is 4.71. The zero-order valence-electron chi connectivity index (χ0n) is 24.8. The van der Waals surface area contributed by atoms with Crippen LogP contribution in [0.5, 0.6) is 5.75 Å². The molecule has 4 atom stereocenters. The van der Waals surface area contributed by atoms with Gasteiger partial charge in [0.25, 0.3) is 5.91 Å². The number of aliphatic hydroxyl groups is 1. The lowest BCUT2D eigenvalue weighted by Gasteiger charge is -2.36. The SMILES string of the molecule is C[C@@H]1CCCCO[C@H](CN(C)C(=O)Nc2ccccc2)[C@@H](C)CN([C@H](C)CO)C(=O)c2cc(N(C)C)ccc2O1. The molecule has 2 aromatic rings. The van der Waals surface area contributed by atoms with E-state index < -0.39 is 6.04 Å². The van der Waals surface area contributed by atoms with Gasteiger partial charge in [0, 0.05) is 58.1 Å². The van der Waals surface area contributed by atoms with Crippen molar-refractivity contribution in [3.05, 3.63) is 54.1 Å². The van der Waals surface area contributed by atoms with Crippen molar-refractivity contribution < 1.29 is 24.2 Å². The van der Waals surface area contributed by atoms with Crippen molar-refractivity contribution in [2.75, 3.05) is 57.7 Å². The molecule has 1 aliphatic heterocycles. The minimum Gasteiger partial charge on any atom is -0.490 e. The smallest absolute Gasteiger partial charge is 0.321 e. The van der Waals surface area contributed by atoms with E-state index in [9.17, 15) is 14.7 Å². The summed E-state index contributed by atoms with van der Waals surface area (Å²) in [6.45, 7) is 6.95. The van der Waals surface area contributed by atoms with Crippen LogP contribution in [0.3, 0.4) is 0 Å². The summed E-state index contributed by atoms with van der Waals surface area (Å²) < 4.78 is 12.6. The molecular formula is C31H46N4O5. The van der Waals surface area contributed by atoms with E-state index in [4.69, 9.17) is 9.47 Å². The molecule has 220 valence electrons. The molecule has 0 bridgehead atoms. The number of hydrogen-bond donors (Lipinski definition) is 2. The second kappa shape index (κ2) is 14.9. The Labute approximate surface area is 239 Å². The Kier molecular flexibility index (Phi) is 11.6. The van der Waals surface area contributed by atoms with Crippen LogP contribution in [0, 0.1) is 5.92 Å². The summed E-state index contributed by atoms with van der Waals surface area (Å²) in [7, 11) is 5.61. The summed E-state index contributed by atoms with van der Waals surface area (Å²) in [4.78, 5) is 32.3. The number of para-hydroxylation sites is 1. The molecule has 9 heteroatoms. The van der Waals surface area contributed by atoms with Crippen molar-refractivity contribution >= 4 is 23.3 Å². The summed E-state index contributed by atoms with van der Waals surface area (Å²) in [5.74, 6) is 0.228. The van der Waals surface area contributed by atoms with E-state index in [2.05, 4.69) is 5.32 Å². The average Bonchev–Trinajstić information content (AvgIpc) is 2.94. The largest absolute Gasteiger partial charge is 0.490 e. The summed E-state index contributed by atoms with van der Waals surface area (Å²) in [6.07, 6.45) is 2.21. The van der Waals surface area contributed by atoms with Crippen LogP contribution in [-0.2, 0) is 4.74 Å². The highest BCUT2D eigenvalue weighted by Gasteiger charge is 2.31. The Morgan fingerprint density at radius 2 is 1.85 bits per heavy atom. The average molecular weight is 555 g/mol. The van der Waals surface area contributed by atoms with E-state index in [1.54, 1.807) is 16.8 Å². The van der Waals surface area contributed by atoms with Gasteiger partial charge in [0.15, 0.2) is 0 Å². The van der Waals surface area contributed by atoms with Crippen LogP contribution in [0.15, 0.2) is 48.5 Å². The highest BCUT2D eigenvalue weighted by Crippen LogP contribution is 2.29. The third kappa shape index (κ3) is 8.60. The fourth-order valence-corrected chi connectivity index (χ4v) is 4.74. The van der Waals surface area contributed by atoms with Crippen LogP contribution in [-0.4, -0.2) is 92.5 Å². The van der Waals surface area contributed by atoms with Gasteiger partial charge < -0.3 is 34.6 Å². The quantitative estimate of drug-likeness (QED) is 0.537. The van der Waals surface area contributed by atoms with Crippen molar-refractivity contribution in [2.45, 2.75) is 58.3 Å². The molecule has 2 N–H and O–H groups in total. The number of benzene rings is 2. The molecule has 0 aliphatic carbocycles. The number of urea groups is 1. The number of likely N-dealkylation sites (N-methyl/N-ethyl adjacent to an activating group) is 1. The van der Waals surface area contributed by atoms with Gasteiger partial charge in [0.05, 0.1) is 30.4 Å². The van der Waals surface area contributed by atoms with Crippen molar-refractivity contribution in [3.8, 4) is 5.75 Å². The Hall–Kier alpha value is -3.30. The Balaban J connectivity index is 1.88. The van der Waals surface area contributed by atoms with Crippen LogP contribution in [0.25, 0.3) is 0 Å². The minimum absolute atomic E-state index is 0.0778. The molecule has 0 fully saturated rings. The van der Waals surface area contributed by atoms with Crippen LogP contribution in [0.4, 0.5) is 16.2 Å². The Morgan fingerprint density at radius 1 is 1.12 bits per heavy atom. The van der Waals surface area contributed by atoms with E-state index in [1.807, 2.05) is 88.3 Å². The summed E-state index contributed by atoms with van der Waals surface area (Å²) in [5, 5.41) is 13.0. The lowest BCUT2D eigenvalue weighted by Crippen LogP contribution is -2.48. The molecule has 0 spiro atoms. The predicted molar refractivity (Wildman–Crippen MR) is 159 cm³/mol. The van der Waals surface area contributed by atoms with E-state index in [1.165, 1.54) is 0 Å². The molecule has 1 heterocycles. The van der Waals surface area contributed by atoms with Gasteiger partial charge >= 0.3 is 6.03 Å². The summed E-state index contributed by atoms with van der Waals surface area (Å²) >= 11 is 0. The maximum atomic E-state index is 14.1. The second-order valence-corrected chi connectivity index (χ2v) is 11.1. The number of rotatable bonds is 6. The van der Waals surface area contributed by atoms with E-state index in [0.29, 0.717) is 31.0 Å². The Morgan fingerprint density at radius 3 is 2.52 bits per heavy atom. The fourth-order valence-electron chi connectivity index (χ4n) is 4.74. The van der Waals surface area contributed by atoms with Crippen LogP contribution < -0.4 is 15.0 Å². The molecule has 1 aliphatic rings. The van der Waals surface area contributed by atoms with Crippen molar-refractivity contribution in [1.82, 2.24) is 9.80 Å². The van der Waals surface area contributed by atoms with Gasteiger partial charge in [0.2, 0.25) is 0 Å². The third-order valence-corrected chi connectivity index (χ3v) is 7.38. The first kappa shape index (κ1) is 31.2. The lowest BCUT2D eigenvalue weighted by molar-refractivity contribution is -0.0115. The van der Waals surface area contributed by atoms with E-state index >= 15 is 0 Å². The van der Waals surface area contributed by atoms with Gasteiger partial charge in [0.1, 0.15) is 5.75 Å². The van der Waals surface area contributed by atoms with Gasteiger partial charge in [-0.15, -0.1) is 0 Å². The zero-order valence-corrected chi connectivity index (χ0v) is 24.8. The molecule has 0 saturated heterocycles. The topological polar surface area (TPSA) is 94.6 Å². The highest BCUT2D eigenvalue weighted by molar-refractivity contribution is 5.98. The molecule has 0 radical (unpaired) electrons. The number of ether oxygens (including phenoxy) is 2. The van der Waals surface area contributed by atoms with Crippen molar-refractivity contribution in [2.24, 2.45) is 5.92 Å². The number of anilines is 2. The first-order chi connectivity index (χ1) is 19.1. The number of carbonyl (C=O) groups excluding carboxylic acids is 2. The Bertz CT molecular complexity index is 1100. The van der Waals surface area contributed by atoms with Crippen molar-refractivity contribution in [3.63, 3.8) is 0 Å². The lowest BCUT2D eigenvalue weighted by atomic mass is 10.0. The molecule has 9 nitrogen and oxygen atoms in total. The second-order valence-electron chi connectivity index (χ2n) is 11.1. The van der Waals surface area contributed by atoms with Gasteiger partial charge in [-0.25, -0.2) is 4.79 Å². The number of aliphatic hydroxyl groups excluding tert-OH is 1. The maximum absolute atomic E-state index is 14.1. The molecular weight excluding hydrogens is 508 g/mol. The molecule has 3 rings (SSSR count). The van der Waals surface area contributed by atoms with Crippen LogP contribution in [0.2, 0.25) is 0 Å². The van der Waals surface area contributed by atoms with Crippen LogP contribution >= 0.6 is 0 Å². The summed E-state index contributed by atoms with van der Waals surface area (Å²) in [5.41, 5.74) is 2.08. The number of fused-ring (bicyclic) bond motifs is 1.